The molecule has 0 aliphatic carbocycles. The number of hydrogen-bond donors (Lipinski definition) is 0. The molecule has 1 amide bonds. The summed E-state index contributed by atoms with van der Waals surface area (Å²) in [5.41, 5.74) is 2.48. The van der Waals surface area contributed by atoms with E-state index in [-0.39, 0.29) is 17.8 Å². The fourth-order valence-electron chi connectivity index (χ4n) is 3.27. The number of benzene rings is 2. The molecule has 0 radical (unpaired) electrons. The van der Waals surface area contributed by atoms with Crippen molar-refractivity contribution in [1.29, 1.82) is 0 Å². The van der Waals surface area contributed by atoms with Gasteiger partial charge >= 0.3 is 5.97 Å². The van der Waals surface area contributed by atoms with Crippen LogP contribution in [-0.2, 0) is 14.3 Å². The van der Waals surface area contributed by atoms with Crippen molar-refractivity contribution in [3.05, 3.63) is 71.8 Å². The number of carbonyl (C=O) groups excluding carboxylic acids is 2. The molecule has 2 aromatic rings. The van der Waals surface area contributed by atoms with Crippen molar-refractivity contribution in [2.45, 2.75) is 31.3 Å². The highest BCUT2D eigenvalue weighted by Crippen LogP contribution is 2.28. The van der Waals surface area contributed by atoms with Gasteiger partial charge in [-0.25, -0.2) is 0 Å². The second kappa shape index (κ2) is 7.97. The van der Waals surface area contributed by atoms with E-state index in [0.717, 1.165) is 6.42 Å². The minimum atomic E-state index is -0.607. The first kappa shape index (κ1) is 17.2. The molecular formula is C21H23NO3. The highest BCUT2D eigenvalue weighted by Gasteiger charge is 2.32. The monoisotopic (exact) mass is 337 g/mol. The number of likely N-dealkylation sites (N-methyl/N-ethyl adjacent to an activating group) is 1. The van der Waals surface area contributed by atoms with Crippen molar-refractivity contribution in [3.8, 4) is 0 Å². The zero-order chi connectivity index (χ0) is 17.6. The number of esters is 1. The lowest BCUT2D eigenvalue weighted by Crippen LogP contribution is -2.37. The maximum atomic E-state index is 12.4. The van der Waals surface area contributed by atoms with Gasteiger partial charge in [-0.15, -0.1) is 0 Å². The predicted molar refractivity (Wildman–Crippen MR) is 96.1 cm³/mol. The largest absolute Gasteiger partial charge is 0.452 e. The molecule has 0 unspecified atom stereocenters. The Hall–Kier alpha value is -2.62. The topological polar surface area (TPSA) is 46.6 Å². The highest BCUT2D eigenvalue weighted by atomic mass is 16.6. The van der Waals surface area contributed by atoms with Gasteiger partial charge in [-0.1, -0.05) is 60.7 Å². The van der Waals surface area contributed by atoms with Gasteiger partial charge in [-0.05, 0) is 17.5 Å². The van der Waals surface area contributed by atoms with Gasteiger partial charge < -0.3 is 9.64 Å². The van der Waals surface area contributed by atoms with Crippen LogP contribution in [0.4, 0.5) is 0 Å². The zero-order valence-corrected chi connectivity index (χ0v) is 14.4. The summed E-state index contributed by atoms with van der Waals surface area (Å²) < 4.78 is 5.09. The number of carbonyl (C=O) groups is 2. The first-order chi connectivity index (χ1) is 12.1. The van der Waals surface area contributed by atoms with E-state index in [1.165, 1.54) is 11.1 Å². The second-order valence-electron chi connectivity index (χ2n) is 6.44. The molecule has 0 saturated carbocycles. The third-order valence-corrected chi connectivity index (χ3v) is 4.69. The van der Waals surface area contributed by atoms with E-state index in [1.807, 2.05) is 36.4 Å². The lowest BCUT2D eigenvalue weighted by atomic mass is 9.88. The fraction of sp³-hybridized carbons (Fsp3) is 0.333. The first-order valence-corrected chi connectivity index (χ1v) is 8.69. The number of ether oxygens (including phenoxy) is 1. The SMILES string of the molecule is CN(CCC(c1ccccc1)c1ccccc1)C(=O)[C@@H]1CCC(=O)O1. The molecule has 0 spiro atoms. The standard InChI is InChI=1S/C21H23NO3/c1-22(21(24)19-12-13-20(23)25-19)15-14-18(16-8-4-2-5-9-16)17-10-6-3-7-11-17/h2-11,18-19H,12-15H2,1H3/t19-/m0/s1. The van der Waals surface area contributed by atoms with Crippen LogP contribution >= 0.6 is 0 Å². The Morgan fingerprint density at radius 1 is 1.08 bits per heavy atom. The smallest absolute Gasteiger partial charge is 0.306 e. The summed E-state index contributed by atoms with van der Waals surface area (Å²) >= 11 is 0. The Morgan fingerprint density at radius 2 is 1.64 bits per heavy atom. The van der Waals surface area contributed by atoms with Crippen LogP contribution in [0.25, 0.3) is 0 Å². The number of hydrogen-bond acceptors (Lipinski definition) is 3. The number of cyclic esters (lactones) is 1. The predicted octanol–water partition coefficient (Wildman–Crippen LogP) is 3.37. The molecule has 1 aliphatic heterocycles. The summed E-state index contributed by atoms with van der Waals surface area (Å²) in [6, 6.07) is 20.7. The Balaban J connectivity index is 1.68. The van der Waals surface area contributed by atoms with Crippen LogP contribution in [-0.4, -0.2) is 36.5 Å². The van der Waals surface area contributed by atoms with E-state index in [4.69, 9.17) is 4.74 Å². The Kier molecular flexibility index (Phi) is 5.49. The lowest BCUT2D eigenvalue weighted by molar-refractivity contribution is -0.152. The van der Waals surface area contributed by atoms with Crippen molar-refractivity contribution < 1.29 is 14.3 Å². The van der Waals surface area contributed by atoms with Gasteiger partial charge in [0.05, 0.1) is 0 Å². The Bertz CT molecular complexity index is 675. The lowest BCUT2D eigenvalue weighted by Gasteiger charge is -2.24. The molecule has 4 heteroatoms. The van der Waals surface area contributed by atoms with Gasteiger partial charge in [0.2, 0.25) is 0 Å². The first-order valence-electron chi connectivity index (χ1n) is 8.69. The van der Waals surface area contributed by atoms with Gasteiger partial charge in [-0.2, -0.15) is 0 Å². The molecule has 0 N–H and O–H groups in total. The molecular weight excluding hydrogens is 314 g/mol. The molecule has 1 atom stereocenters. The van der Waals surface area contributed by atoms with Gasteiger partial charge in [0, 0.05) is 32.4 Å². The number of amides is 1. The van der Waals surface area contributed by atoms with Gasteiger partial charge in [0.1, 0.15) is 0 Å². The minimum absolute atomic E-state index is 0.106. The average molecular weight is 337 g/mol. The maximum Gasteiger partial charge on any atom is 0.306 e. The van der Waals surface area contributed by atoms with Crippen LogP contribution < -0.4 is 0 Å². The summed E-state index contributed by atoms with van der Waals surface area (Å²) in [7, 11) is 1.78. The molecule has 25 heavy (non-hydrogen) atoms. The quantitative estimate of drug-likeness (QED) is 0.759. The molecule has 3 rings (SSSR count). The summed E-state index contributed by atoms with van der Waals surface area (Å²) in [6.07, 6.45) is 1.03. The normalized spacial score (nSPS) is 16.7. The van der Waals surface area contributed by atoms with Crippen molar-refractivity contribution in [2.24, 2.45) is 0 Å². The minimum Gasteiger partial charge on any atom is -0.452 e. The van der Waals surface area contributed by atoms with E-state index in [2.05, 4.69) is 24.3 Å². The highest BCUT2D eigenvalue weighted by molar-refractivity contribution is 5.86. The average Bonchev–Trinajstić information content (AvgIpc) is 3.09. The molecule has 0 aromatic heterocycles. The van der Waals surface area contributed by atoms with Crippen LogP contribution in [0.3, 0.4) is 0 Å². The Labute approximate surface area is 148 Å². The van der Waals surface area contributed by atoms with Crippen LogP contribution in [0.2, 0.25) is 0 Å². The Morgan fingerprint density at radius 3 is 2.12 bits per heavy atom. The number of nitrogens with zero attached hydrogens (tertiary/aromatic N) is 1. The summed E-state index contributed by atoms with van der Waals surface area (Å²) in [4.78, 5) is 25.3. The molecule has 1 aliphatic rings. The van der Waals surface area contributed by atoms with Crippen molar-refractivity contribution in [1.82, 2.24) is 4.90 Å². The van der Waals surface area contributed by atoms with E-state index in [9.17, 15) is 9.59 Å². The van der Waals surface area contributed by atoms with E-state index in [0.29, 0.717) is 19.4 Å². The maximum absolute atomic E-state index is 12.4. The van der Waals surface area contributed by atoms with E-state index < -0.39 is 6.10 Å². The van der Waals surface area contributed by atoms with Crippen LogP contribution in [0, 0.1) is 0 Å². The van der Waals surface area contributed by atoms with E-state index >= 15 is 0 Å². The third-order valence-electron chi connectivity index (χ3n) is 4.69. The molecule has 130 valence electrons. The fourth-order valence-corrected chi connectivity index (χ4v) is 3.27. The van der Waals surface area contributed by atoms with Gasteiger partial charge in [0.25, 0.3) is 5.91 Å². The third kappa shape index (κ3) is 4.27. The van der Waals surface area contributed by atoms with Crippen molar-refractivity contribution in [2.75, 3.05) is 13.6 Å². The summed E-state index contributed by atoms with van der Waals surface area (Å²) in [6.45, 7) is 0.612. The van der Waals surface area contributed by atoms with Gasteiger partial charge in [-0.3, -0.25) is 9.59 Å². The molecule has 1 fully saturated rings. The summed E-state index contributed by atoms with van der Waals surface area (Å²) in [5.74, 6) is -0.160. The van der Waals surface area contributed by atoms with Crippen LogP contribution in [0.1, 0.15) is 36.3 Å². The molecule has 2 aromatic carbocycles. The zero-order valence-electron chi connectivity index (χ0n) is 14.4. The molecule has 1 heterocycles. The number of rotatable bonds is 6. The molecule has 1 saturated heterocycles. The van der Waals surface area contributed by atoms with Crippen LogP contribution in [0.15, 0.2) is 60.7 Å². The van der Waals surface area contributed by atoms with Crippen LogP contribution in [0.5, 0.6) is 0 Å². The summed E-state index contributed by atoms with van der Waals surface area (Å²) in [5, 5.41) is 0. The van der Waals surface area contributed by atoms with Gasteiger partial charge in [0.15, 0.2) is 6.10 Å². The van der Waals surface area contributed by atoms with E-state index in [1.54, 1.807) is 11.9 Å². The second-order valence-corrected chi connectivity index (χ2v) is 6.44. The molecule has 0 bridgehead atoms. The van der Waals surface area contributed by atoms with Crippen molar-refractivity contribution >= 4 is 11.9 Å². The molecule has 4 nitrogen and oxygen atoms in total. The van der Waals surface area contributed by atoms with Crippen molar-refractivity contribution in [3.63, 3.8) is 0 Å².